The van der Waals surface area contributed by atoms with Crippen molar-refractivity contribution in [1.29, 1.82) is 0 Å². The number of H-pyrrole nitrogens is 2. The number of nitrogens with one attached hydrogen (secondary N) is 4. The van der Waals surface area contributed by atoms with Gasteiger partial charge in [0.05, 0.1) is 24.5 Å². The molecule has 0 saturated carbocycles. The first-order valence-electron chi connectivity index (χ1n) is 16.2. The van der Waals surface area contributed by atoms with Crippen molar-refractivity contribution in [2.45, 2.75) is 78.2 Å². The molecule has 268 valence electrons. The SMILES string of the molecule is CC(C)(C)OC(=O)Nc1c[nH]c2ccc(O)cc12.CC(C)(C)OC(=O)Nc1c[nH]c2ccc(OCCC3CCN(CC(F)(F)F)CC3)cc12. The molecule has 0 spiro atoms. The number of carbonyl (C=O) groups is 2. The second-order valence-corrected chi connectivity index (χ2v) is 14.1. The Bertz CT molecular complexity index is 1710. The Kier molecular flexibility index (Phi) is 11.6. The van der Waals surface area contributed by atoms with Gasteiger partial charge in [0.2, 0.25) is 0 Å². The zero-order chi connectivity index (χ0) is 36.0. The van der Waals surface area contributed by atoms with Crippen LogP contribution in [0.2, 0.25) is 0 Å². The van der Waals surface area contributed by atoms with E-state index >= 15 is 0 Å². The molecule has 5 N–H and O–H groups in total. The average molecular weight is 690 g/mol. The summed E-state index contributed by atoms with van der Waals surface area (Å²) >= 11 is 0. The van der Waals surface area contributed by atoms with Gasteiger partial charge in [-0.25, -0.2) is 9.59 Å². The Morgan fingerprint density at radius 1 is 0.837 bits per heavy atom. The number of aromatic hydroxyl groups is 1. The summed E-state index contributed by atoms with van der Waals surface area (Å²) in [5, 5.41) is 16.4. The number of amides is 2. The number of phenolic OH excluding ortho intramolecular Hbond substituents is 1. The predicted molar refractivity (Wildman–Crippen MR) is 183 cm³/mol. The molecular weight excluding hydrogens is 643 g/mol. The fraction of sp³-hybridized carbons (Fsp3) is 0.486. The van der Waals surface area contributed by atoms with Crippen molar-refractivity contribution in [2.24, 2.45) is 5.92 Å². The van der Waals surface area contributed by atoms with Gasteiger partial charge in [0, 0.05) is 34.2 Å². The Morgan fingerprint density at radius 2 is 1.35 bits per heavy atom. The van der Waals surface area contributed by atoms with Crippen LogP contribution in [0.4, 0.5) is 34.1 Å². The van der Waals surface area contributed by atoms with Crippen molar-refractivity contribution in [1.82, 2.24) is 14.9 Å². The largest absolute Gasteiger partial charge is 0.508 e. The van der Waals surface area contributed by atoms with Crippen molar-refractivity contribution >= 4 is 45.4 Å². The number of aromatic nitrogens is 2. The van der Waals surface area contributed by atoms with E-state index in [-0.39, 0.29) is 5.75 Å². The molecule has 14 heteroatoms. The van der Waals surface area contributed by atoms with Crippen LogP contribution in [0.1, 0.15) is 60.8 Å². The number of fused-ring (bicyclic) bond motifs is 2. The van der Waals surface area contributed by atoms with Crippen LogP contribution in [0.25, 0.3) is 21.8 Å². The molecule has 0 radical (unpaired) electrons. The molecule has 2 aromatic carbocycles. The van der Waals surface area contributed by atoms with Gasteiger partial charge in [0.15, 0.2) is 0 Å². The molecule has 4 aromatic rings. The third-order valence-electron chi connectivity index (χ3n) is 7.49. The van der Waals surface area contributed by atoms with Gasteiger partial charge in [-0.3, -0.25) is 15.5 Å². The van der Waals surface area contributed by atoms with Crippen LogP contribution in [0.3, 0.4) is 0 Å². The third kappa shape index (κ3) is 12.1. The van der Waals surface area contributed by atoms with Crippen molar-refractivity contribution < 1.29 is 42.1 Å². The molecule has 3 heterocycles. The van der Waals surface area contributed by atoms with Gasteiger partial charge >= 0.3 is 18.4 Å². The van der Waals surface area contributed by atoms with Gasteiger partial charge in [-0.05, 0) is 116 Å². The molecule has 0 bridgehead atoms. The van der Waals surface area contributed by atoms with Gasteiger partial charge in [-0.2, -0.15) is 13.2 Å². The summed E-state index contributed by atoms with van der Waals surface area (Å²) in [6.45, 7) is 11.4. The summed E-state index contributed by atoms with van der Waals surface area (Å²) in [6, 6.07) is 10.5. The van der Waals surface area contributed by atoms with Crippen molar-refractivity contribution in [3.63, 3.8) is 0 Å². The number of piperidine rings is 1. The summed E-state index contributed by atoms with van der Waals surface area (Å²) in [4.78, 5) is 31.3. The monoisotopic (exact) mass is 689 g/mol. The smallest absolute Gasteiger partial charge is 0.412 e. The second kappa shape index (κ2) is 15.3. The van der Waals surface area contributed by atoms with Gasteiger partial charge in [0.25, 0.3) is 0 Å². The average Bonchev–Trinajstić information content (AvgIpc) is 3.54. The molecule has 11 nitrogen and oxygen atoms in total. The Morgan fingerprint density at radius 3 is 1.86 bits per heavy atom. The number of likely N-dealkylation sites (tertiary alicyclic amines) is 1. The molecule has 0 atom stereocenters. The summed E-state index contributed by atoms with van der Waals surface area (Å²) < 4.78 is 53.8. The lowest BCUT2D eigenvalue weighted by Crippen LogP contribution is -2.40. The van der Waals surface area contributed by atoms with Crippen LogP contribution >= 0.6 is 0 Å². The first-order valence-corrected chi connectivity index (χ1v) is 16.2. The quantitative estimate of drug-likeness (QED) is 0.131. The molecule has 1 fully saturated rings. The van der Waals surface area contributed by atoms with E-state index in [1.807, 2.05) is 18.2 Å². The summed E-state index contributed by atoms with van der Waals surface area (Å²) in [5.41, 5.74) is 1.74. The maximum Gasteiger partial charge on any atom is 0.412 e. The molecule has 1 aliphatic rings. The van der Waals surface area contributed by atoms with E-state index in [1.54, 1.807) is 72.1 Å². The van der Waals surface area contributed by atoms with Crippen molar-refractivity contribution in [3.8, 4) is 11.5 Å². The fourth-order valence-electron chi connectivity index (χ4n) is 5.36. The minimum absolute atomic E-state index is 0.148. The van der Waals surface area contributed by atoms with E-state index in [1.165, 1.54) is 4.90 Å². The minimum Gasteiger partial charge on any atom is -0.508 e. The molecule has 1 aliphatic heterocycles. The van der Waals surface area contributed by atoms with Crippen LogP contribution in [0.5, 0.6) is 11.5 Å². The first kappa shape index (κ1) is 37.2. The number of phenols is 1. The van der Waals surface area contributed by atoms with Crippen LogP contribution in [-0.2, 0) is 9.47 Å². The van der Waals surface area contributed by atoms with E-state index < -0.39 is 36.1 Å². The predicted octanol–water partition coefficient (Wildman–Crippen LogP) is 8.78. The number of alkyl halides is 3. The molecule has 5 rings (SSSR count). The van der Waals surface area contributed by atoms with E-state index in [0.717, 1.165) is 41.1 Å². The lowest BCUT2D eigenvalue weighted by Gasteiger charge is -2.32. The lowest BCUT2D eigenvalue weighted by atomic mass is 9.94. The number of nitrogens with zero attached hydrogens (tertiary/aromatic N) is 1. The summed E-state index contributed by atoms with van der Waals surface area (Å²) in [7, 11) is 0. The zero-order valence-corrected chi connectivity index (χ0v) is 28.7. The van der Waals surface area contributed by atoms with Crippen molar-refractivity contribution in [2.75, 3.05) is 36.9 Å². The highest BCUT2D eigenvalue weighted by Gasteiger charge is 2.32. The highest BCUT2D eigenvalue weighted by Crippen LogP contribution is 2.30. The maximum atomic E-state index is 12.5. The Hall–Kier alpha value is -4.59. The highest BCUT2D eigenvalue weighted by molar-refractivity contribution is 6.01. The molecular formula is C35H46F3N5O6. The normalized spacial score (nSPS) is 14.6. The number of carbonyl (C=O) groups excluding carboxylic acids is 2. The molecule has 2 amide bonds. The van der Waals surface area contributed by atoms with Gasteiger partial charge in [-0.15, -0.1) is 0 Å². The maximum absolute atomic E-state index is 12.5. The lowest BCUT2D eigenvalue weighted by molar-refractivity contribution is -0.148. The van der Waals surface area contributed by atoms with Gasteiger partial charge in [-0.1, -0.05) is 0 Å². The van der Waals surface area contributed by atoms with Crippen LogP contribution in [0.15, 0.2) is 48.8 Å². The Labute approximate surface area is 283 Å². The number of hydrogen-bond donors (Lipinski definition) is 5. The molecule has 0 aliphatic carbocycles. The molecule has 49 heavy (non-hydrogen) atoms. The van der Waals surface area contributed by atoms with Gasteiger partial charge in [0.1, 0.15) is 22.7 Å². The van der Waals surface area contributed by atoms with E-state index in [9.17, 15) is 27.9 Å². The summed E-state index contributed by atoms with van der Waals surface area (Å²) in [5.74, 6) is 1.19. The second-order valence-electron chi connectivity index (χ2n) is 14.1. The Balaban J connectivity index is 0.000000254. The number of rotatable bonds is 7. The van der Waals surface area contributed by atoms with Gasteiger partial charge < -0.3 is 29.3 Å². The minimum atomic E-state index is -4.13. The van der Waals surface area contributed by atoms with Crippen LogP contribution < -0.4 is 15.4 Å². The fourth-order valence-corrected chi connectivity index (χ4v) is 5.36. The standard InChI is InChI=1S/C22H30F3N3O3.C13H16N2O3/c1-21(2,3)31-20(29)27-19-13-26-18-5-4-16(12-17(18)19)30-11-8-15-6-9-28(10-7-15)14-22(23,24)25;1-13(2,3)18-12(17)15-11-7-14-10-5-4-8(16)6-9(10)11/h4-5,12-13,15,26H,6-11,14H2,1-3H3,(H,27,29);4-7,14,16H,1-3H3,(H,15,17). The number of anilines is 2. The summed E-state index contributed by atoms with van der Waals surface area (Å²) in [6.07, 6.45) is 0.475. The topological polar surface area (TPSA) is 141 Å². The van der Waals surface area contributed by atoms with Crippen LogP contribution in [-0.4, -0.2) is 75.8 Å². The van der Waals surface area contributed by atoms with Crippen molar-refractivity contribution in [3.05, 3.63) is 48.8 Å². The number of ether oxygens (including phenoxy) is 3. The van der Waals surface area contributed by atoms with E-state index in [2.05, 4.69) is 20.6 Å². The molecule has 0 unspecified atom stereocenters. The number of benzene rings is 2. The number of hydrogen-bond acceptors (Lipinski definition) is 7. The number of halogens is 3. The highest BCUT2D eigenvalue weighted by atomic mass is 19.4. The van der Waals surface area contributed by atoms with E-state index in [4.69, 9.17) is 14.2 Å². The third-order valence-corrected chi connectivity index (χ3v) is 7.49. The first-order chi connectivity index (χ1) is 22.8. The zero-order valence-electron chi connectivity index (χ0n) is 28.7. The van der Waals surface area contributed by atoms with E-state index in [0.29, 0.717) is 42.7 Å². The molecule has 2 aromatic heterocycles. The van der Waals surface area contributed by atoms with Crippen LogP contribution in [0, 0.1) is 5.92 Å². The molecule has 1 saturated heterocycles. The number of aromatic amines is 2.